The van der Waals surface area contributed by atoms with Crippen molar-refractivity contribution < 1.29 is 18.7 Å². The molecule has 1 atom stereocenters. The standard InChI is InChI=1S/C18H23N3O4/c1-2-24-17-7-6-16(25-17)18(22)20-13-15(14-5-3-4-8-19-14)21-9-11-23-12-10-21/h3-8,15H,2,9-13H2,1H3,(H,20,22)/t15-/m0/s1. The van der Waals surface area contributed by atoms with Crippen LogP contribution in [0.5, 0.6) is 5.95 Å². The SMILES string of the molecule is CCOc1ccc(C(=O)NC[C@@H](c2ccccn2)N2CCOCC2)o1. The molecule has 134 valence electrons. The molecule has 3 rings (SSSR count). The molecule has 3 heterocycles. The topological polar surface area (TPSA) is 76.8 Å². The maximum atomic E-state index is 12.4. The highest BCUT2D eigenvalue weighted by Crippen LogP contribution is 2.20. The van der Waals surface area contributed by atoms with E-state index in [4.69, 9.17) is 13.9 Å². The zero-order valence-corrected chi connectivity index (χ0v) is 14.3. The molecule has 25 heavy (non-hydrogen) atoms. The van der Waals surface area contributed by atoms with Gasteiger partial charge in [-0.25, -0.2) is 0 Å². The second kappa shape index (κ2) is 8.64. The van der Waals surface area contributed by atoms with Crippen molar-refractivity contribution in [1.82, 2.24) is 15.2 Å². The molecule has 1 aliphatic heterocycles. The predicted octanol–water partition coefficient (Wildman–Crippen LogP) is 1.88. The number of carbonyl (C=O) groups excluding carboxylic acids is 1. The smallest absolute Gasteiger partial charge is 0.287 e. The predicted molar refractivity (Wildman–Crippen MR) is 91.6 cm³/mol. The Hall–Kier alpha value is -2.38. The summed E-state index contributed by atoms with van der Waals surface area (Å²) in [4.78, 5) is 19.1. The van der Waals surface area contributed by atoms with E-state index in [1.54, 1.807) is 18.3 Å². The van der Waals surface area contributed by atoms with Gasteiger partial charge in [0.1, 0.15) is 0 Å². The van der Waals surface area contributed by atoms with E-state index in [9.17, 15) is 4.79 Å². The molecule has 1 N–H and O–H groups in total. The fraction of sp³-hybridized carbons (Fsp3) is 0.444. The van der Waals surface area contributed by atoms with Crippen LogP contribution in [0.3, 0.4) is 0 Å². The maximum absolute atomic E-state index is 12.4. The number of nitrogens with zero attached hydrogens (tertiary/aromatic N) is 2. The number of carbonyl (C=O) groups is 1. The van der Waals surface area contributed by atoms with Gasteiger partial charge in [0.25, 0.3) is 11.9 Å². The first kappa shape index (κ1) is 17.4. The van der Waals surface area contributed by atoms with Gasteiger partial charge >= 0.3 is 0 Å². The molecule has 2 aromatic rings. The van der Waals surface area contributed by atoms with E-state index >= 15 is 0 Å². The number of hydrogen-bond acceptors (Lipinski definition) is 6. The molecule has 0 spiro atoms. The molecule has 7 heteroatoms. The molecule has 0 unspecified atom stereocenters. The Kier molecular flexibility index (Phi) is 6.03. The van der Waals surface area contributed by atoms with Crippen molar-refractivity contribution in [2.45, 2.75) is 13.0 Å². The number of rotatable bonds is 7. The van der Waals surface area contributed by atoms with E-state index in [0.717, 1.165) is 18.8 Å². The summed E-state index contributed by atoms with van der Waals surface area (Å²) in [5.74, 6) is 0.326. The van der Waals surface area contributed by atoms with Gasteiger partial charge in [0, 0.05) is 31.9 Å². The molecule has 1 aliphatic rings. The minimum atomic E-state index is -0.264. The van der Waals surface area contributed by atoms with Crippen LogP contribution >= 0.6 is 0 Å². The van der Waals surface area contributed by atoms with Crippen molar-refractivity contribution in [2.75, 3.05) is 39.5 Å². The van der Waals surface area contributed by atoms with Gasteiger partial charge in [0.15, 0.2) is 5.76 Å². The molecule has 0 bridgehead atoms. The van der Waals surface area contributed by atoms with Gasteiger partial charge < -0.3 is 19.2 Å². The molecule has 1 fully saturated rings. The maximum Gasteiger partial charge on any atom is 0.287 e. The summed E-state index contributed by atoms with van der Waals surface area (Å²) in [6.45, 7) is 5.80. The Labute approximate surface area is 146 Å². The first-order valence-corrected chi connectivity index (χ1v) is 8.51. The lowest BCUT2D eigenvalue weighted by molar-refractivity contribution is 0.0153. The largest absolute Gasteiger partial charge is 0.465 e. The lowest BCUT2D eigenvalue weighted by atomic mass is 10.1. The number of aromatic nitrogens is 1. The third-order valence-electron chi connectivity index (χ3n) is 4.06. The molecular weight excluding hydrogens is 322 g/mol. The van der Waals surface area contributed by atoms with Crippen molar-refractivity contribution in [1.29, 1.82) is 0 Å². The highest BCUT2D eigenvalue weighted by atomic mass is 16.6. The van der Waals surface area contributed by atoms with Crippen molar-refractivity contribution in [3.8, 4) is 5.95 Å². The molecule has 0 aliphatic carbocycles. The fourth-order valence-corrected chi connectivity index (χ4v) is 2.82. The van der Waals surface area contributed by atoms with Crippen molar-refractivity contribution in [3.05, 3.63) is 48.0 Å². The van der Waals surface area contributed by atoms with E-state index in [0.29, 0.717) is 32.3 Å². The normalized spacial score (nSPS) is 16.4. The van der Waals surface area contributed by atoms with Crippen molar-refractivity contribution in [2.24, 2.45) is 0 Å². The zero-order valence-electron chi connectivity index (χ0n) is 14.3. The van der Waals surface area contributed by atoms with E-state index < -0.39 is 0 Å². The molecule has 7 nitrogen and oxygen atoms in total. The molecule has 0 saturated carbocycles. The zero-order chi connectivity index (χ0) is 17.5. The summed E-state index contributed by atoms with van der Waals surface area (Å²) in [5.41, 5.74) is 0.930. The third kappa shape index (κ3) is 4.58. The number of morpholine rings is 1. The first-order valence-electron chi connectivity index (χ1n) is 8.51. The average Bonchev–Trinajstić information content (AvgIpc) is 3.13. The van der Waals surface area contributed by atoms with Crippen molar-refractivity contribution in [3.63, 3.8) is 0 Å². The monoisotopic (exact) mass is 345 g/mol. The van der Waals surface area contributed by atoms with Gasteiger partial charge in [0.2, 0.25) is 0 Å². The summed E-state index contributed by atoms with van der Waals surface area (Å²) in [6, 6.07) is 9.08. The summed E-state index contributed by atoms with van der Waals surface area (Å²) in [7, 11) is 0. The Morgan fingerprint density at radius 2 is 2.16 bits per heavy atom. The Bertz CT molecular complexity index is 668. The van der Waals surface area contributed by atoms with Gasteiger partial charge in [-0.3, -0.25) is 14.7 Å². The van der Waals surface area contributed by atoms with Crippen LogP contribution in [0.2, 0.25) is 0 Å². The molecule has 0 radical (unpaired) electrons. The van der Waals surface area contributed by atoms with Crippen LogP contribution in [0.1, 0.15) is 29.2 Å². The van der Waals surface area contributed by atoms with Crippen LogP contribution < -0.4 is 10.1 Å². The van der Waals surface area contributed by atoms with E-state index in [2.05, 4.69) is 15.2 Å². The van der Waals surface area contributed by atoms with Gasteiger partial charge in [0.05, 0.1) is 31.6 Å². The van der Waals surface area contributed by atoms with E-state index in [-0.39, 0.29) is 17.7 Å². The Morgan fingerprint density at radius 3 is 2.88 bits per heavy atom. The van der Waals surface area contributed by atoms with Crippen LogP contribution in [0.15, 0.2) is 40.9 Å². The quantitative estimate of drug-likeness (QED) is 0.826. The Morgan fingerprint density at radius 1 is 1.32 bits per heavy atom. The number of pyridine rings is 1. The summed E-state index contributed by atoms with van der Waals surface area (Å²) in [6.07, 6.45) is 1.77. The summed E-state index contributed by atoms with van der Waals surface area (Å²) < 4.78 is 16.1. The number of hydrogen-bond donors (Lipinski definition) is 1. The van der Waals surface area contributed by atoms with Crippen LogP contribution in [-0.4, -0.2) is 55.2 Å². The second-order valence-corrected chi connectivity index (χ2v) is 5.68. The highest BCUT2D eigenvalue weighted by molar-refractivity contribution is 5.91. The number of nitrogens with one attached hydrogen (secondary N) is 1. The van der Waals surface area contributed by atoms with Gasteiger partial charge in [-0.05, 0) is 25.1 Å². The van der Waals surface area contributed by atoms with Gasteiger partial charge in [-0.1, -0.05) is 6.07 Å². The van der Waals surface area contributed by atoms with Crippen molar-refractivity contribution >= 4 is 5.91 Å². The first-order chi connectivity index (χ1) is 12.3. The number of amides is 1. The molecule has 1 saturated heterocycles. The average molecular weight is 345 g/mol. The van der Waals surface area contributed by atoms with Crippen LogP contribution in [-0.2, 0) is 4.74 Å². The Balaban J connectivity index is 1.66. The van der Waals surface area contributed by atoms with Gasteiger partial charge in [-0.2, -0.15) is 0 Å². The lowest BCUT2D eigenvalue weighted by Gasteiger charge is -2.34. The minimum Gasteiger partial charge on any atom is -0.465 e. The second-order valence-electron chi connectivity index (χ2n) is 5.68. The van der Waals surface area contributed by atoms with Gasteiger partial charge in [-0.15, -0.1) is 0 Å². The molecule has 2 aromatic heterocycles. The molecule has 1 amide bonds. The van der Waals surface area contributed by atoms with Crippen LogP contribution in [0, 0.1) is 0 Å². The summed E-state index contributed by atoms with van der Waals surface area (Å²) in [5, 5.41) is 2.94. The molecular formula is C18H23N3O4. The van der Waals surface area contributed by atoms with E-state index in [1.165, 1.54) is 0 Å². The minimum absolute atomic E-state index is 0.00428. The van der Waals surface area contributed by atoms with E-state index in [1.807, 2.05) is 25.1 Å². The number of furan rings is 1. The lowest BCUT2D eigenvalue weighted by Crippen LogP contribution is -2.44. The van der Waals surface area contributed by atoms with Crippen LogP contribution in [0.4, 0.5) is 0 Å². The third-order valence-corrected chi connectivity index (χ3v) is 4.06. The number of ether oxygens (including phenoxy) is 2. The fourth-order valence-electron chi connectivity index (χ4n) is 2.82. The van der Waals surface area contributed by atoms with Crippen LogP contribution in [0.25, 0.3) is 0 Å². The molecule has 0 aromatic carbocycles. The summed E-state index contributed by atoms with van der Waals surface area (Å²) >= 11 is 0. The highest BCUT2D eigenvalue weighted by Gasteiger charge is 2.24.